The third-order valence-electron chi connectivity index (χ3n) is 3.41. The molecule has 1 heterocycles. The number of carbonyl (C=O) groups excluding carboxylic acids is 1. The summed E-state index contributed by atoms with van der Waals surface area (Å²) >= 11 is 0. The van der Waals surface area contributed by atoms with Crippen LogP contribution in [0.3, 0.4) is 0 Å². The molecule has 2 nitrogen and oxygen atoms in total. The molecule has 2 heteroatoms. The van der Waals surface area contributed by atoms with Crippen LogP contribution in [-0.4, -0.2) is 18.5 Å². The van der Waals surface area contributed by atoms with Crippen molar-refractivity contribution >= 4 is 5.78 Å². The first-order chi connectivity index (χ1) is 7.70. The van der Waals surface area contributed by atoms with Gasteiger partial charge >= 0.3 is 0 Å². The third-order valence-corrected chi connectivity index (χ3v) is 3.41. The summed E-state index contributed by atoms with van der Waals surface area (Å²) in [5.41, 5.74) is 0.790. The molecule has 1 aromatic carbocycles. The molecule has 1 aliphatic rings. The molecule has 0 aromatic heterocycles. The summed E-state index contributed by atoms with van der Waals surface area (Å²) < 4.78 is 5.65. The second kappa shape index (κ2) is 4.79. The minimum absolute atomic E-state index is 0.0418. The highest BCUT2D eigenvalue weighted by Crippen LogP contribution is 2.28. The molecule has 2 rings (SSSR count). The highest BCUT2D eigenvalue weighted by molar-refractivity contribution is 5.98. The Balaban J connectivity index is 2.10. The summed E-state index contributed by atoms with van der Waals surface area (Å²) in [6.07, 6.45) is 1.16. The average Bonchev–Trinajstić information content (AvgIpc) is 2.75. The zero-order valence-electron chi connectivity index (χ0n) is 9.85. The summed E-state index contributed by atoms with van der Waals surface area (Å²) in [5, 5.41) is 0. The molecule has 1 aliphatic heterocycles. The van der Waals surface area contributed by atoms with Crippen molar-refractivity contribution in [3.05, 3.63) is 35.9 Å². The SMILES string of the molecule is CC1CCOC1C(C)C(=O)c1ccccc1. The largest absolute Gasteiger partial charge is 0.377 e. The minimum Gasteiger partial charge on any atom is -0.377 e. The molecule has 0 saturated carbocycles. The molecule has 1 saturated heterocycles. The highest BCUT2D eigenvalue weighted by Gasteiger charge is 2.33. The molecular formula is C14H18O2. The van der Waals surface area contributed by atoms with Crippen molar-refractivity contribution in [1.29, 1.82) is 0 Å². The molecular weight excluding hydrogens is 200 g/mol. The van der Waals surface area contributed by atoms with Crippen LogP contribution in [0.25, 0.3) is 0 Å². The van der Waals surface area contributed by atoms with Gasteiger partial charge in [0.25, 0.3) is 0 Å². The van der Waals surface area contributed by atoms with Gasteiger partial charge in [-0.15, -0.1) is 0 Å². The second-order valence-corrected chi connectivity index (χ2v) is 4.62. The van der Waals surface area contributed by atoms with Crippen LogP contribution < -0.4 is 0 Å². The predicted octanol–water partition coefficient (Wildman–Crippen LogP) is 2.93. The Morgan fingerprint density at radius 1 is 1.38 bits per heavy atom. The van der Waals surface area contributed by atoms with Crippen molar-refractivity contribution in [2.75, 3.05) is 6.61 Å². The van der Waals surface area contributed by atoms with Crippen molar-refractivity contribution in [3.8, 4) is 0 Å². The minimum atomic E-state index is -0.0418. The third kappa shape index (κ3) is 2.17. The number of carbonyl (C=O) groups is 1. The summed E-state index contributed by atoms with van der Waals surface area (Å²) in [6.45, 7) is 4.92. The van der Waals surface area contributed by atoms with Crippen LogP contribution in [0.1, 0.15) is 30.6 Å². The van der Waals surface area contributed by atoms with Crippen LogP contribution in [0.2, 0.25) is 0 Å². The Morgan fingerprint density at radius 3 is 2.62 bits per heavy atom. The van der Waals surface area contributed by atoms with Crippen LogP contribution in [-0.2, 0) is 4.74 Å². The van der Waals surface area contributed by atoms with Gasteiger partial charge in [-0.2, -0.15) is 0 Å². The van der Waals surface area contributed by atoms with Crippen molar-refractivity contribution in [2.45, 2.75) is 26.4 Å². The fourth-order valence-electron chi connectivity index (χ4n) is 2.37. The Morgan fingerprint density at radius 2 is 2.06 bits per heavy atom. The maximum atomic E-state index is 12.2. The van der Waals surface area contributed by atoms with Gasteiger partial charge in [0.2, 0.25) is 0 Å². The average molecular weight is 218 g/mol. The Bertz CT molecular complexity index is 358. The van der Waals surface area contributed by atoms with E-state index in [9.17, 15) is 4.79 Å². The normalized spacial score (nSPS) is 26.6. The zero-order chi connectivity index (χ0) is 11.5. The topological polar surface area (TPSA) is 26.3 Å². The smallest absolute Gasteiger partial charge is 0.168 e. The van der Waals surface area contributed by atoms with E-state index in [1.807, 2.05) is 37.3 Å². The molecule has 0 bridgehead atoms. The molecule has 3 atom stereocenters. The summed E-state index contributed by atoms with van der Waals surface area (Å²) in [6, 6.07) is 9.48. The van der Waals surface area contributed by atoms with Gasteiger partial charge < -0.3 is 4.74 Å². The number of hydrogen-bond donors (Lipinski definition) is 0. The number of rotatable bonds is 3. The molecule has 0 N–H and O–H groups in total. The van der Waals surface area contributed by atoms with Crippen LogP contribution in [0, 0.1) is 11.8 Å². The van der Waals surface area contributed by atoms with Gasteiger partial charge in [0.1, 0.15) is 0 Å². The van der Waals surface area contributed by atoms with Gasteiger partial charge in [-0.05, 0) is 12.3 Å². The van der Waals surface area contributed by atoms with Gasteiger partial charge in [0, 0.05) is 18.1 Å². The molecule has 0 spiro atoms. The van der Waals surface area contributed by atoms with Crippen LogP contribution >= 0.6 is 0 Å². The van der Waals surface area contributed by atoms with Gasteiger partial charge in [-0.1, -0.05) is 44.2 Å². The molecule has 16 heavy (non-hydrogen) atoms. The lowest BCUT2D eigenvalue weighted by Crippen LogP contribution is -2.29. The maximum absolute atomic E-state index is 12.2. The molecule has 0 amide bonds. The van der Waals surface area contributed by atoms with Crippen LogP contribution in [0.15, 0.2) is 30.3 Å². The maximum Gasteiger partial charge on any atom is 0.168 e. The number of hydrogen-bond acceptors (Lipinski definition) is 2. The summed E-state index contributed by atoms with van der Waals surface area (Å²) in [4.78, 5) is 12.2. The number of ketones is 1. The van der Waals surface area contributed by atoms with E-state index in [0.717, 1.165) is 18.6 Å². The lowest BCUT2D eigenvalue weighted by Gasteiger charge is -2.21. The first kappa shape index (κ1) is 11.3. The zero-order valence-corrected chi connectivity index (χ0v) is 9.85. The molecule has 1 fully saturated rings. The highest BCUT2D eigenvalue weighted by atomic mass is 16.5. The van der Waals surface area contributed by atoms with Crippen molar-refractivity contribution in [3.63, 3.8) is 0 Å². The first-order valence-electron chi connectivity index (χ1n) is 5.91. The van der Waals surface area contributed by atoms with Crippen LogP contribution in [0.5, 0.6) is 0 Å². The monoisotopic (exact) mass is 218 g/mol. The number of benzene rings is 1. The lowest BCUT2D eigenvalue weighted by atomic mass is 9.88. The molecule has 0 aliphatic carbocycles. The van der Waals surface area contributed by atoms with E-state index < -0.39 is 0 Å². The van der Waals surface area contributed by atoms with Crippen molar-refractivity contribution < 1.29 is 9.53 Å². The van der Waals surface area contributed by atoms with E-state index in [1.165, 1.54) is 0 Å². The van der Waals surface area contributed by atoms with Gasteiger partial charge in [-0.25, -0.2) is 0 Å². The molecule has 0 radical (unpaired) electrons. The second-order valence-electron chi connectivity index (χ2n) is 4.62. The lowest BCUT2D eigenvalue weighted by molar-refractivity contribution is 0.0441. The van der Waals surface area contributed by atoms with Crippen molar-refractivity contribution in [1.82, 2.24) is 0 Å². The molecule has 86 valence electrons. The van der Waals surface area contributed by atoms with E-state index in [4.69, 9.17) is 4.74 Å². The van der Waals surface area contributed by atoms with Gasteiger partial charge in [0.15, 0.2) is 5.78 Å². The van der Waals surface area contributed by atoms with E-state index >= 15 is 0 Å². The Labute approximate surface area is 96.6 Å². The fraction of sp³-hybridized carbons (Fsp3) is 0.500. The van der Waals surface area contributed by atoms with E-state index in [2.05, 4.69) is 6.92 Å². The Kier molecular flexibility index (Phi) is 3.39. The first-order valence-corrected chi connectivity index (χ1v) is 5.91. The van der Waals surface area contributed by atoms with E-state index in [1.54, 1.807) is 0 Å². The summed E-state index contributed by atoms with van der Waals surface area (Å²) in [7, 11) is 0. The standard InChI is InChI=1S/C14H18O2/c1-10-8-9-16-14(10)11(2)13(15)12-6-4-3-5-7-12/h3-7,10-11,14H,8-9H2,1-2H3. The van der Waals surface area contributed by atoms with Crippen molar-refractivity contribution in [2.24, 2.45) is 11.8 Å². The van der Waals surface area contributed by atoms with E-state index in [0.29, 0.717) is 5.92 Å². The fourth-order valence-corrected chi connectivity index (χ4v) is 2.37. The van der Waals surface area contributed by atoms with Gasteiger partial charge in [-0.3, -0.25) is 4.79 Å². The number of ether oxygens (including phenoxy) is 1. The van der Waals surface area contributed by atoms with Crippen LogP contribution in [0.4, 0.5) is 0 Å². The Hall–Kier alpha value is -1.15. The van der Waals surface area contributed by atoms with Gasteiger partial charge in [0.05, 0.1) is 6.10 Å². The predicted molar refractivity (Wildman–Crippen MR) is 63.5 cm³/mol. The molecule has 3 unspecified atom stereocenters. The molecule has 1 aromatic rings. The van der Waals surface area contributed by atoms with E-state index in [-0.39, 0.29) is 17.8 Å². The summed E-state index contributed by atoms with van der Waals surface area (Å²) in [5.74, 6) is 0.641. The quantitative estimate of drug-likeness (QED) is 0.729. The number of Topliss-reactive ketones (excluding diaryl/α,β-unsaturated/α-hetero) is 1.